The first-order valence-corrected chi connectivity index (χ1v) is 6.06. The molecule has 0 bridgehead atoms. The smallest absolute Gasteiger partial charge is 0.378 e. The highest BCUT2D eigenvalue weighted by Gasteiger charge is 2.29. The fourth-order valence-electron chi connectivity index (χ4n) is 1.09. The summed E-state index contributed by atoms with van der Waals surface area (Å²) in [6, 6.07) is 4.61. The molecule has 0 saturated carbocycles. The van der Waals surface area contributed by atoms with Gasteiger partial charge in [0.25, 0.3) is 0 Å². The maximum atomic E-state index is 12.3. The van der Waals surface area contributed by atoms with Gasteiger partial charge in [0.1, 0.15) is 0 Å². The molecule has 0 radical (unpaired) electrons. The molecular formula is C11H14ClF3N2S. The summed E-state index contributed by atoms with van der Waals surface area (Å²) in [6.07, 6.45) is -3.35. The molecule has 0 atom stereocenters. The predicted molar refractivity (Wildman–Crippen MR) is 72.7 cm³/mol. The summed E-state index contributed by atoms with van der Waals surface area (Å²) in [5, 5.41) is 0.367. The van der Waals surface area contributed by atoms with Crippen LogP contribution in [0.15, 0.2) is 29.3 Å². The summed E-state index contributed by atoms with van der Waals surface area (Å²) >= 11 is 1.39. The Balaban J connectivity index is 0.00000289. The van der Waals surface area contributed by atoms with Crippen LogP contribution in [0.5, 0.6) is 0 Å². The molecule has 2 N–H and O–H groups in total. The Bertz CT molecular complexity index is 390. The Morgan fingerprint density at radius 2 is 1.83 bits per heavy atom. The summed E-state index contributed by atoms with van der Waals surface area (Å²) in [6.45, 7) is 2.01. The van der Waals surface area contributed by atoms with Gasteiger partial charge in [0.15, 0.2) is 5.17 Å². The molecule has 18 heavy (non-hydrogen) atoms. The van der Waals surface area contributed by atoms with Gasteiger partial charge in [-0.15, -0.1) is 12.4 Å². The zero-order chi connectivity index (χ0) is 12.9. The van der Waals surface area contributed by atoms with Gasteiger partial charge in [0, 0.05) is 5.75 Å². The predicted octanol–water partition coefficient (Wildman–Crippen LogP) is 4.22. The fraction of sp³-hybridized carbons (Fsp3) is 0.364. The number of thioether (sulfide) groups is 1. The highest BCUT2D eigenvalue weighted by atomic mass is 35.5. The first-order chi connectivity index (χ1) is 7.93. The Morgan fingerprint density at radius 1 is 1.28 bits per heavy atom. The summed E-state index contributed by atoms with van der Waals surface area (Å²) in [5.74, 6) is 0.843. The van der Waals surface area contributed by atoms with Gasteiger partial charge in [-0.3, -0.25) is 0 Å². The average Bonchev–Trinajstić information content (AvgIpc) is 2.26. The van der Waals surface area contributed by atoms with Crippen molar-refractivity contribution < 1.29 is 13.2 Å². The van der Waals surface area contributed by atoms with Crippen LogP contribution >= 0.6 is 24.2 Å². The van der Waals surface area contributed by atoms with Gasteiger partial charge < -0.3 is 5.73 Å². The number of aliphatic imine (C=N–C) groups is 1. The first kappa shape index (κ1) is 17.1. The highest BCUT2D eigenvalue weighted by molar-refractivity contribution is 8.13. The van der Waals surface area contributed by atoms with E-state index < -0.39 is 11.7 Å². The Kier molecular flexibility index (Phi) is 7.16. The summed E-state index contributed by atoms with van der Waals surface area (Å²) < 4.78 is 36.9. The number of hydrogen-bond donors (Lipinski definition) is 1. The van der Waals surface area contributed by atoms with Crippen molar-refractivity contribution in [1.82, 2.24) is 0 Å². The van der Waals surface area contributed by atoms with E-state index in [9.17, 15) is 13.2 Å². The van der Waals surface area contributed by atoms with E-state index in [2.05, 4.69) is 4.99 Å². The molecule has 2 nitrogen and oxygen atoms in total. The van der Waals surface area contributed by atoms with Gasteiger partial charge >= 0.3 is 6.18 Å². The van der Waals surface area contributed by atoms with Crippen LogP contribution in [0.25, 0.3) is 0 Å². The third-order valence-corrected chi connectivity index (χ3v) is 2.89. The van der Waals surface area contributed by atoms with E-state index in [1.165, 1.54) is 23.9 Å². The second kappa shape index (κ2) is 7.53. The van der Waals surface area contributed by atoms with Crippen LogP contribution in [0, 0.1) is 0 Å². The molecule has 0 aliphatic heterocycles. The van der Waals surface area contributed by atoms with Crippen molar-refractivity contribution in [2.24, 2.45) is 10.7 Å². The molecule has 0 aliphatic rings. The molecule has 1 aromatic carbocycles. The van der Waals surface area contributed by atoms with Crippen LogP contribution in [0.3, 0.4) is 0 Å². The zero-order valence-electron chi connectivity index (χ0n) is 9.70. The van der Waals surface area contributed by atoms with Crippen LogP contribution in [0.1, 0.15) is 18.9 Å². The second-order valence-electron chi connectivity index (χ2n) is 3.34. The normalized spacial score (nSPS) is 12.1. The molecule has 0 saturated heterocycles. The van der Waals surface area contributed by atoms with Gasteiger partial charge in [-0.1, -0.05) is 18.7 Å². The van der Waals surface area contributed by atoms with Gasteiger partial charge in [-0.05, 0) is 30.7 Å². The average molecular weight is 299 g/mol. The molecule has 0 fully saturated rings. The third kappa shape index (κ3) is 5.64. The van der Waals surface area contributed by atoms with E-state index in [1.807, 2.05) is 6.92 Å². The molecule has 0 aromatic heterocycles. The van der Waals surface area contributed by atoms with Crippen LogP contribution in [-0.2, 0) is 6.18 Å². The lowest BCUT2D eigenvalue weighted by Gasteiger charge is -2.06. The number of amidine groups is 1. The summed E-state index contributed by atoms with van der Waals surface area (Å²) in [4.78, 5) is 4.01. The molecular weight excluding hydrogens is 285 g/mol. The minimum absolute atomic E-state index is 0. The number of alkyl halides is 3. The largest absolute Gasteiger partial charge is 0.416 e. The van der Waals surface area contributed by atoms with Gasteiger partial charge in [0.05, 0.1) is 11.3 Å². The standard InChI is InChI=1S/C11H13F3N2S.ClH/c1-2-7-17-10(15)16-9-5-3-8(4-6-9)11(12,13)14;/h3-6H,2,7H2,1H3,(H2,15,16);1H. The fourth-order valence-corrected chi connectivity index (χ4v) is 1.67. The SMILES string of the molecule is CCCSC(N)=Nc1ccc(C(F)(F)F)cc1.Cl. The maximum absolute atomic E-state index is 12.3. The molecule has 0 aliphatic carbocycles. The lowest BCUT2D eigenvalue weighted by molar-refractivity contribution is -0.137. The molecule has 7 heteroatoms. The molecule has 102 valence electrons. The second-order valence-corrected chi connectivity index (χ2v) is 4.46. The van der Waals surface area contributed by atoms with E-state index >= 15 is 0 Å². The van der Waals surface area contributed by atoms with Crippen LogP contribution in [0.2, 0.25) is 0 Å². The van der Waals surface area contributed by atoms with Crippen LogP contribution in [-0.4, -0.2) is 10.9 Å². The minimum atomic E-state index is -4.31. The van der Waals surface area contributed by atoms with Gasteiger partial charge in [-0.2, -0.15) is 13.2 Å². The zero-order valence-corrected chi connectivity index (χ0v) is 11.3. The quantitative estimate of drug-likeness (QED) is 0.670. The Morgan fingerprint density at radius 3 is 2.28 bits per heavy atom. The Labute approximate surface area is 114 Å². The van der Waals surface area contributed by atoms with Crippen molar-refractivity contribution in [3.8, 4) is 0 Å². The number of rotatable bonds is 3. The van der Waals surface area contributed by atoms with Crippen molar-refractivity contribution in [2.75, 3.05) is 5.75 Å². The van der Waals surface area contributed by atoms with Crippen molar-refractivity contribution >= 4 is 35.0 Å². The number of nitrogens with two attached hydrogens (primary N) is 1. The molecule has 1 rings (SSSR count). The topological polar surface area (TPSA) is 38.4 Å². The highest BCUT2D eigenvalue weighted by Crippen LogP contribution is 2.30. The third-order valence-electron chi connectivity index (χ3n) is 1.89. The minimum Gasteiger partial charge on any atom is -0.378 e. The van der Waals surface area contributed by atoms with E-state index in [-0.39, 0.29) is 12.4 Å². The van der Waals surface area contributed by atoms with Crippen molar-refractivity contribution in [3.63, 3.8) is 0 Å². The van der Waals surface area contributed by atoms with Crippen molar-refractivity contribution in [1.29, 1.82) is 0 Å². The van der Waals surface area contributed by atoms with Gasteiger partial charge in [0.2, 0.25) is 0 Å². The number of hydrogen-bond acceptors (Lipinski definition) is 2. The summed E-state index contributed by atoms with van der Waals surface area (Å²) in [7, 11) is 0. The first-order valence-electron chi connectivity index (χ1n) is 5.07. The monoisotopic (exact) mass is 298 g/mol. The number of nitrogens with zero attached hydrogens (tertiary/aromatic N) is 1. The van der Waals surface area contributed by atoms with E-state index in [0.29, 0.717) is 10.9 Å². The number of halogens is 4. The van der Waals surface area contributed by atoms with Crippen LogP contribution in [0.4, 0.5) is 18.9 Å². The van der Waals surface area contributed by atoms with E-state index in [4.69, 9.17) is 5.73 Å². The maximum Gasteiger partial charge on any atom is 0.416 e. The molecule has 0 spiro atoms. The molecule has 0 unspecified atom stereocenters. The molecule has 1 aromatic rings. The van der Waals surface area contributed by atoms with Crippen LogP contribution < -0.4 is 5.73 Å². The van der Waals surface area contributed by atoms with E-state index in [0.717, 1.165) is 24.3 Å². The van der Waals surface area contributed by atoms with Crippen molar-refractivity contribution in [2.45, 2.75) is 19.5 Å². The molecule has 0 amide bonds. The summed E-state index contributed by atoms with van der Waals surface area (Å²) in [5.41, 5.74) is 5.35. The lowest BCUT2D eigenvalue weighted by Crippen LogP contribution is -2.06. The molecule has 0 heterocycles. The van der Waals surface area contributed by atoms with E-state index in [1.54, 1.807) is 0 Å². The lowest BCUT2D eigenvalue weighted by atomic mass is 10.2. The number of benzene rings is 1. The van der Waals surface area contributed by atoms with Gasteiger partial charge in [-0.25, -0.2) is 4.99 Å². The Hall–Kier alpha value is -0.880. The van der Waals surface area contributed by atoms with Crippen molar-refractivity contribution in [3.05, 3.63) is 29.8 Å².